The summed E-state index contributed by atoms with van der Waals surface area (Å²) in [7, 11) is 0. The van der Waals surface area contributed by atoms with E-state index in [2.05, 4.69) is 31.2 Å². The quantitative estimate of drug-likeness (QED) is 0.906. The molecule has 0 bridgehead atoms. The zero-order valence-corrected chi connectivity index (χ0v) is 11.6. The van der Waals surface area contributed by atoms with Gasteiger partial charge in [0.25, 0.3) is 0 Å². The van der Waals surface area contributed by atoms with Crippen LogP contribution in [0.3, 0.4) is 0 Å². The third-order valence-electron chi connectivity index (χ3n) is 4.51. The smallest absolute Gasteiger partial charge is 0.122 e. The van der Waals surface area contributed by atoms with E-state index in [0.717, 1.165) is 25.2 Å². The Bertz CT molecular complexity index is 417. The molecular weight excluding hydrogens is 238 g/mol. The van der Waals surface area contributed by atoms with Crippen LogP contribution in [0, 0.1) is 0 Å². The maximum Gasteiger partial charge on any atom is 0.122 e. The first kappa shape index (κ1) is 12.9. The fraction of sp³-hybridized carbons (Fsp3) is 0.625. The summed E-state index contributed by atoms with van der Waals surface area (Å²) in [6.45, 7) is 3.69. The Balaban J connectivity index is 1.66. The molecule has 104 valence electrons. The van der Waals surface area contributed by atoms with E-state index in [-0.39, 0.29) is 17.6 Å². The van der Waals surface area contributed by atoms with Crippen LogP contribution in [0.25, 0.3) is 0 Å². The summed E-state index contributed by atoms with van der Waals surface area (Å²) in [5.74, 6) is 0.944. The monoisotopic (exact) mass is 261 g/mol. The number of ether oxygens (including phenoxy) is 2. The molecule has 3 heteroatoms. The van der Waals surface area contributed by atoms with E-state index in [9.17, 15) is 0 Å². The minimum absolute atomic E-state index is 0.211. The van der Waals surface area contributed by atoms with E-state index in [0.29, 0.717) is 6.61 Å². The fourth-order valence-corrected chi connectivity index (χ4v) is 3.00. The zero-order valence-electron chi connectivity index (χ0n) is 11.6. The predicted molar refractivity (Wildman–Crippen MR) is 75.5 cm³/mol. The van der Waals surface area contributed by atoms with Gasteiger partial charge in [0.2, 0.25) is 0 Å². The normalized spacial score (nSPS) is 26.7. The Morgan fingerprint density at radius 1 is 1.32 bits per heavy atom. The molecule has 1 aromatic carbocycles. The first-order valence-electron chi connectivity index (χ1n) is 7.31. The third-order valence-corrected chi connectivity index (χ3v) is 4.51. The van der Waals surface area contributed by atoms with Crippen molar-refractivity contribution in [1.82, 2.24) is 0 Å². The van der Waals surface area contributed by atoms with Gasteiger partial charge in [-0.15, -0.1) is 0 Å². The van der Waals surface area contributed by atoms with E-state index in [1.165, 1.54) is 18.4 Å². The van der Waals surface area contributed by atoms with Crippen LogP contribution in [0.5, 0.6) is 5.75 Å². The summed E-state index contributed by atoms with van der Waals surface area (Å²) in [4.78, 5) is 0. The molecule has 0 radical (unpaired) electrons. The van der Waals surface area contributed by atoms with Gasteiger partial charge in [-0.2, -0.15) is 0 Å². The number of hydrogen-bond acceptors (Lipinski definition) is 3. The minimum Gasteiger partial charge on any atom is -0.488 e. The van der Waals surface area contributed by atoms with Gasteiger partial charge in [0.05, 0.1) is 6.61 Å². The van der Waals surface area contributed by atoms with Gasteiger partial charge in [0, 0.05) is 18.1 Å². The number of hydrogen-bond donors (Lipinski definition) is 1. The van der Waals surface area contributed by atoms with Gasteiger partial charge >= 0.3 is 0 Å². The number of nitrogens with two attached hydrogens (primary N) is 1. The van der Waals surface area contributed by atoms with Gasteiger partial charge in [-0.05, 0) is 50.3 Å². The number of rotatable bonds is 4. The molecule has 19 heavy (non-hydrogen) atoms. The Morgan fingerprint density at radius 2 is 2.05 bits per heavy atom. The molecule has 2 fully saturated rings. The lowest BCUT2D eigenvalue weighted by atomic mass is 9.89. The average molecular weight is 261 g/mol. The van der Waals surface area contributed by atoms with E-state index in [1.54, 1.807) is 0 Å². The topological polar surface area (TPSA) is 44.5 Å². The molecule has 0 spiro atoms. The van der Waals surface area contributed by atoms with Crippen molar-refractivity contribution >= 4 is 0 Å². The van der Waals surface area contributed by atoms with Gasteiger partial charge in [-0.1, -0.05) is 12.1 Å². The van der Waals surface area contributed by atoms with Crippen molar-refractivity contribution in [2.75, 3.05) is 13.2 Å². The van der Waals surface area contributed by atoms with Crippen LogP contribution >= 0.6 is 0 Å². The minimum atomic E-state index is 0.211. The molecule has 1 saturated carbocycles. The molecule has 1 heterocycles. The highest BCUT2D eigenvalue weighted by Crippen LogP contribution is 2.50. The zero-order chi connectivity index (χ0) is 13.3. The molecule has 2 unspecified atom stereocenters. The molecule has 3 nitrogen and oxygen atoms in total. The molecule has 1 aliphatic carbocycles. The van der Waals surface area contributed by atoms with Crippen LogP contribution in [-0.2, 0) is 10.2 Å². The van der Waals surface area contributed by atoms with Crippen molar-refractivity contribution in [2.45, 2.75) is 50.2 Å². The Morgan fingerprint density at radius 3 is 2.58 bits per heavy atom. The summed E-state index contributed by atoms with van der Waals surface area (Å²) >= 11 is 0. The lowest BCUT2D eigenvalue weighted by Gasteiger charge is -2.24. The van der Waals surface area contributed by atoms with Gasteiger partial charge < -0.3 is 15.2 Å². The second-order valence-corrected chi connectivity index (χ2v) is 5.93. The molecule has 0 amide bonds. The Hall–Kier alpha value is -1.06. The summed E-state index contributed by atoms with van der Waals surface area (Å²) < 4.78 is 11.4. The molecule has 1 aromatic rings. The van der Waals surface area contributed by atoms with Crippen molar-refractivity contribution in [2.24, 2.45) is 5.73 Å². The maximum absolute atomic E-state index is 6.10. The van der Waals surface area contributed by atoms with E-state index in [4.69, 9.17) is 15.2 Å². The van der Waals surface area contributed by atoms with E-state index >= 15 is 0 Å². The van der Waals surface area contributed by atoms with Crippen LogP contribution in [0.15, 0.2) is 24.3 Å². The van der Waals surface area contributed by atoms with Crippen LogP contribution in [0.4, 0.5) is 0 Å². The predicted octanol–water partition coefficient (Wildman–Crippen LogP) is 2.62. The highest BCUT2D eigenvalue weighted by molar-refractivity contribution is 5.37. The first-order valence-corrected chi connectivity index (χ1v) is 7.31. The molecule has 3 rings (SSSR count). The van der Waals surface area contributed by atoms with Gasteiger partial charge in [-0.3, -0.25) is 0 Å². The fourth-order valence-electron chi connectivity index (χ4n) is 3.00. The molecule has 2 N–H and O–H groups in total. The summed E-state index contributed by atoms with van der Waals surface area (Å²) in [6, 6.07) is 8.73. The molecule has 1 saturated heterocycles. The largest absolute Gasteiger partial charge is 0.488 e. The van der Waals surface area contributed by atoms with Crippen LogP contribution in [-0.4, -0.2) is 25.4 Å². The average Bonchev–Trinajstić information content (AvgIpc) is 3.22. The van der Waals surface area contributed by atoms with Crippen molar-refractivity contribution in [3.8, 4) is 5.75 Å². The molecular formula is C16H23NO2. The van der Waals surface area contributed by atoms with Gasteiger partial charge in [0.1, 0.15) is 11.9 Å². The SMILES string of the molecule is CC(N)C1(c2ccc(OC3CCCOC3)cc2)CC1. The first-order chi connectivity index (χ1) is 9.21. The summed E-state index contributed by atoms with van der Waals surface area (Å²) in [6.07, 6.45) is 4.81. The third kappa shape index (κ3) is 2.63. The maximum atomic E-state index is 6.10. The summed E-state index contributed by atoms with van der Waals surface area (Å²) in [5.41, 5.74) is 7.69. The summed E-state index contributed by atoms with van der Waals surface area (Å²) in [5, 5.41) is 0. The highest BCUT2D eigenvalue weighted by atomic mass is 16.5. The molecule has 1 aliphatic heterocycles. The van der Waals surface area contributed by atoms with Gasteiger partial charge in [0.15, 0.2) is 0 Å². The standard InChI is InChI=1S/C16H23NO2/c1-12(17)16(8-9-16)13-4-6-14(7-5-13)19-15-3-2-10-18-11-15/h4-7,12,15H,2-3,8-11,17H2,1H3. The van der Waals surface area contributed by atoms with Crippen LogP contribution in [0.1, 0.15) is 38.2 Å². The molecule has 2 atom stereocenters. The molecule has 2 aliphatic rings. The van der Waals surface area contributed by atoms with Crippen molar-refractivity contribution in [3.05, 3.63) is 29.8 Å². The van der Waals surface area contributed by atoms with E-state index < -0.39 is 0 Å². The van der Waals surface area contributed by atoms with Crippen molar-refractivity contribution < 1.29 is 9.47 Å². The second kappa shape index (κ2) is 5.14. The van der Waals surface area contributed by atoms with Gasteiger partial charge in [-0.25, -0.2) is 0 Å². The molecule has 0 aromatic heterocycles. The number of benzene rings is 1. The van der Waals surface area contributed by atoms with Crippen LogP contribution in [0.2, 0.25) is 0 Å². The van der Waals surface area contributed by atoms with E-state index in [1.807, 2.05) is 0 Å². The highest BCUT2D eigenvalue weighted by Gasteiger charge is 2.47. The second-order valence-electron chi connectivity index (χ2n) is 5.93. The lowest BCUT2D eigenvalue weighted by Crippen LogP contribution is -2.31. The van der Waals surface area contributed by atoms with Crippen molar-refractivity contribution in [1.29, 1.82) is 0 Å². The Kier molecular flexibility index (Phi) is 3.50. The lowest BCUT2D eigenvalue weighted by molar-refractivity contribution is 0.00742. The Labute approximate surface area is 115 Å². The van der Waals surface area contributed by atoms with Crippen LogP contribution < -0.4 is 10.5 Å². The van der Waals surface area contributed by atoms with Crippen molar-refractivity contribution in [3.63, 3.8) is 0 Å².